The molecule has 1 unspecified atom stereocenters. The molecule has 1 amide bonds. The summed E-state index contributed by atoms with van der Waals surface area (Å²) in [6.45, 7) is 0.170. The smallest absolute Gasteiger partial charge is 0.310 e. The van der Waals surface area contributed by atoms with E-state index in [-0.39, 0.29) is 13.0 Å². The van der Waals surface area contributed by atoms with Crippen molar-refractivity contribution in [3.05, 3.63) is 66.2 Å². The van der Waals surface area contributed by atoms with Crippen LogP contribution in [0.5, 0.6) is 5.75 Å². The summed E-state index contributed by atoms with van der Waals surface area (Å²) in [7, 11) is 0. The number of benzene rings is 2. The number of rotatable bonds is 7. The summed E-state index contributed by atoms with van der Waals surface area (Å²) in [6.07, 6.45) is -1.05. The summed E-state index contributed by atoms with van der Waals surface area (Å²) in [4.78, 5) is 23.3. The Hall–Kier alpha value is -2.82. The van der Waals surface area contributed by atoms with Crippen molar-refractivity contribution in [3.63, 3.8) is 0 Å². The summed E-state index contributed by atoms with van der Waals surface area (Å²) in [5.41, 5.74) is 5.84. The molecule has 0 aliphatic heterocycles. The van der Waals surface area contributed by atoms with E-state index in [0.717, 1.165) is 0 Å². The molecule has 1 atom stereocenters. The van der Waals surface area contributed by atoms with Crippen LogP contribution in [0.3, 0.4) is 0 Å². The van der Waals surface area contributed by atoms with Gasteiger partial charge >= 0.3 is 5.97 Å². The van der Waals surface area contributed by atoms with Crippen LogP contribution in [0.2, 0.25) is 0 Å². The summed E-state index contributed by atoms with van der Waals surface area (Å²) in [5, 5.41) is 0. The van der Waals surface area contributed by atoms with Gasteiger partial charge in [-0.25, -0.2) is 0 Å². The van der Waals surface area contributed by atoms with Gasteiger partial charge in [-0.05, 0) is 12.1 Å². The topological polar surface area (TPSA) is 78.6 Å². The Balaban J connectivity index is 1.85. The second kappa shape index (κ2) is 7.83. The molecular weight excluding hydrogens is 282 g/mol. The van der Waals surface area contributed by atoms with Gasteiger partial charge in [0.1, 0.15) is 5.75 Å². The average Bonchev–Trinajstić information content (AvgIpc) is 2.54. The lowest BCUT2D eigenvalue weighted by Crippen LogP contribution is -2.26. The number of carbonyl (C=O) groups excluding carboxylic acids is 2. The standard InChI is InChI=1S/C17H17NO4/c18-17(20)16(13-7-3-1-4-8-13)22-15(19)11-12-21-14-9-5-2-6-10-14/h1-10,16H,11-12H2,(H2,18,20). The molecule has 0 bridgehead atoms. The number of esters is 1. The first kappa shape index (κ1) is 15.6. The molecule has 2 N–H and O–H groups in total. The van der Waals surface area contributed by atoms with E-state index in [4.69, 9.17) is 15.2 Å². The first-order valence-electron chi connectivity index (χ1n) is 6.88. The molecule has 0 spiro atoms. The molecule has 0 heterocycles. The molecule has 5 heteroatoms. The van der Waals surface area contributed by atoms with Gasteiger partial charge in [-0.3, -0.25) is 9.59 Å². The van der Waals surface area contributed by atoms with Crippen LogP contribution in [0.1, 0.15) is 18.1 Å². The number of carbonyl (C=O) groups is 2. The Labute approximate surface area is 128 Å². The predicted octanol–water partition coefficient (Wildman–Crippen LogP) is 2.23. The molecule has 2 rings (SSSR count). The zero-order valence-corrected chi connectivity index (χ0v) is 12.0. The zero-order chi connectivity index (χ0) is 15.8. The first-order chi connectivity index (χ1) is 10.7. The van der Waals surface area contributed by atoms with Crippen molar-refractivity contribution < 1.29 is 19.1 Å². The number of primary amides is 1. The fourth-order valence-corrected chi connectivity index (χ4v) is 1.88. The van der Waals surface area contributed by atoms with E-state index in [0.29, 0.717) is 11.3 Å². The Bertz CT molecular complexity index is 613. The van der Waals surface area contributed by atoms with Crippen molar-refractivity contribution in [2.75, 3.05) is 6.61 Å². The van der Waals surface area contributed by atoms with Gasteiger partial charge in [0.15, 0.2) is 0 Å². The minimum absolute atomic E-state index is 0.0332. The molecule has 0 aromatic heterocycles. The third kappa shape index (κ3) is 4.63. The lowest BCUT2D eigenvalue weighted by molar-refractivity contribution is -0.155. The van der Waals surface area contributed by atoms with Crippen LogP contribution in [0, 0.1) is 0 Å². The van der Waals surface area contributed by atoms with Crippen molar-refractivity contribution >= 4 is 11.9 Å². The molecule has 0 aliphatic carbocycles. The average molecular weight is 299 g/mol. The fraction of sp³-hybridized carbons (Fsp3) is 0.176. The van der Waals surface area contributed by atoms with Crippen molar-refractivity contribution in [1.29, 1.82) is 0 Å². The third-order valence-electron chi connectivity index (χ3n) is 2.93. The molecule has 2 aromatic carbocycles. The summed E-state index contributed by atoms with van der Waals surface area (Å²) in [6, 6.07) is 17.8. The maximum Gasteiger partial charge on any atom is 0.310 e. The molecule has 114 valence electrons. The third-order valence-corrected chi connectivity index (χ3v) is 2.93. The molecule has 0 aliphatic rings. The highest BCUT2D eigenvalue weighted by molar-refractivity contribution is 5.83. The number of ether oxygens (including phenoxy) is 2. The maximum absolute atomic E-state index is 11.8. The Kier molecular flexibility index (Phi) is 5.54. The minimum Gasteiger partial charge on any atom is -0.493 e. The van der Waals surface area contributed by atoms with Crippen LogP contribution >= 0.6 is 0 Å². The van der Waals surface area contributed by atoms with Gasteiger partial charge in [0.25, 0.3) is 5.91 Å². The van der Waals surface area contributed by atoms with Crippen LogP contribution in [0.4, 0.5) is 0 Å². The van der Waals surface area contributed by atoms with E-state index >= 15 is 0 Å². The van der Waals surface area contributed by atoms with Crippen LogP contribution in [-0.4, -0.2) is 18.5 Å². The van der Waals surface area contributed by atoms with Crippen LogP contribution in [0.25, 0.3) is 0 Å². The molecular formula is C17H17NO4. The molecule has 22 heavy (non-hydrogen) atoms. The van der Waals surface area contributed by atoms with E-state index in [1.165, 1.54) is 0 Å². The largest absolute Gasteiger partial charge is 0.493 e. The summed E-state index contributed by atoms with van der Waals surface area (Å²) < 4.78 is 10.5. The second-order valence-corrected chi connectivity index (χ2v) is 4.59. The van der Waals surface area contributed by atoms with Crippen LogP contribution in [0.15, 0.2) is 60.7 Å². The molecule has 2 aromatic rings. The normalized spacial score (nSPS) is 11.5. The summed E-state index contributed by atoms with van der Waals surface area (Å²) >= 11 is 0. The van der Waals surface area contributed by atoms with E-state index in [2.05, 4.69) is 0 Å². The van der Waals surface area contributed by atoms with Gasteiger partial charge in [-0.1, -0.05) is 48.5 Å². The van der Waals surface area contributed by atoms with Gasteiger partial charge in [0, 0.05) is 5.56 Å². The molecule has 0 saturated carbocycles. The van der Waals surface area contributed by atoms with E-state index < -0.39 is 18.0 Å². The van der Waals surface area contributed by atoms with Gasteiger partial charge < -0.3 is 15.2 Å². The monoisotopic (exact) mass is 299 g/mol. The number of para-hydroxylation sites is 1. The number of amides is 1. The highest BCUT2D eigenvalue weighted by Gasteiger charge is 2.22. The van der Waals surface area contributed by atoms with Gasteiger partial charge in [-0.15, -0.1) is 0 Å². The highest BCUT2D eigenvalue weighted by Crippen LogP contribution is 2.17. The lowest BCUT2D eigenvalue weighted by atomic mass is 10.1. The lowest BCUT2D eigenvalue weighted by Gasteiger charge is -2.15. The first-order valence-corrected chi connectivity index (χ1v) is 6.88. The predicted molar refractivity (Wildman–Crippen MR) is 81.0 cm³/mol. The number of nitrogens with two attached hydrogens (primary N) is 1. The van der Waals surface area contributed by atoms with Crippen molar-refractivity contribution in [1.82, 2.24) is 0 Å². The van der Waals surface area contributed by atoms with E-state index in [1.807, 2.05) is 18.2 Å². The van der Waals surface area contributed by atoms with Crippen molar-refractivity contribution in [2.45, 2.75) is 12.5 Å². The van der Waals surface area contributed by atoms with E-state index in [9.17, 15) is 9.59 Å². The van der Waals surface area contributed by atoms with Gasteiger partial charge in [0.2, 0.25) is 6.10 Å². The Morgan fingerprint density at radius 3 is 2.14 bits per heavy atom. The van der Waals surface area contributed by atoms with Gasteiger partial charge in [0.05, 0.1) is 13.0 Å². The van der Waals surface area contributed by atoms with Crippen molar-refractivity contribution in [3.8, 4) is 5.75 Å². The highest BCUT2D eigenvalue weighted by atomic mass is 16.6. The van der Waals surface area contributed by atoms with Crippen LogP contribution in [-0.2, 0) is 14.3 Å². The Morgan fingerprint density at radius 1 is 0.955 bits per heavy atom. The van der Waals surface area contributed by atoms with Gasteiger partial charge in [-0.2, -0.15) is 0 Å². The number of hydrogen-bond acceptors (Lipinski definition) is 4. The van der Waals surface area contributed by atoms with Crippen LogP contribution < -0.4 is 10.5 Å². The van der Waals surface area contributed by atoms with E-state index in [1.54, 1.807) is 42.5 Å². The second-order valence-electron chi connectivity index (χ2n) is 4.59. The zero-order valence-electron chi connectivity index (χ0n) is 12.0. The molecule has 0 saturated heterocycles. The molecule has 0 fully saturated rings. The maximum atomic E-state index is 11.8. The molecule has 0 radical (unpaired) electrons. The minimum atomic E-state index is -1.08. The van der Waals surface area contributed by atoms with Crippen molar-refractivity contribution in [2.24, 2.45) is 5.73 Å². The Morgan fingerprint density at radius 2 is 1.55 bits per heavy atom. The fourth-order valence-electron chi connectivity index (χ4n) is 1.88. The number of hydrogen-bond donors (Lipinski definition) is 1. The quantitative estimate of drug-likeness (QED) is 0.795. The SMILES string of the molecule is NC(=O)C(OC(=O)CCOc1ccccc1)c1ccccc1. The molecule has 5 nitrogen and oxygen atoms in total. The summed E-state index contributed by atoms with van der Waals surface area (Å²) in [5.74, 6) is -0.572.